The summed E-state index contributed by atoms with van der Waals surface area (Å²) >= 11 is 0. The largest absolute Gasteiger partial charge is 0.429 e. The second kappa shape index (κ2) is 4.84. The first kappa shape index (κ1) is 12.7. The van der Waals surface area contributed by atoms with Crippen LogP contribution in [-0.4, -0.2) is 14.9 Å². The molecule has 1 aromatic heterocycles. The van der Waals surface area contributed by atoms with Crippen LogP contribution in [0.3, 0.4) is 0 Å². The number of nitrogens with zero attached hydrogens (tertiary/aromatic N) is 3. The molecule has 0 bridgehead atoms. The van der Waals surface area contributed by atoms with E-state index in [1.165, 1.54) is 12.1 Å². The van der Waals surface area contributed by atoms with Crippen LogP contribution in [0.2, 0.25) is 0 Å². The van der Waals surface area contributed by atoms with Crippen LogP contribution in [0.15, 0.2) is 24.4 Å². The SMILES string of the molecule is Cc1ccc(Oc2nc(N)ncc2F)c([N+](=O)[O-])c1. The standard InChI is InChI=1S/C11H9FN4O3/c1-6-2-3-9(8(4-6)16(17)18)19-10-7(12)5-14-11(13)15-10/h2-5H,1H3,(H2,13,14,15). The van der Waals surface area contributed by atoms with Crippen molar-refractivity contribution in [2.45, 2.75) is 6.92 Å². The van der Waals surface area contributed by atoms with Gasteiger partial charge in [0.05, 0.1) is 11.1 Å². The summed E-state index contributed by atoms with van der Waals surface area (Å²) in [6.07, 6.45) is 0.831. The molecule has 0 saturated carbocycles. The zero-order chi connectivity index (χ0) is 14.0. The molecule has 0 aliphatic carbocycles. The van der Waals surface area contributed by atoms with Crippen molar-refractivity contribution in [3.05, 3.63) is 45.9 Å². The van der Waals surface area contributed by atoms with Gasteiger partial charge in [0.25, 0.3) is 5.88 Å². The van der Waals surface area contributed by atoms with Crippen molar-refractivity contribution < 1.29 is 14.1 Å². The van der Waals surface area contributed by atoms with Gasteiger partial charge in [-0.25, -0.2) is 4.98 Å². The lowest BCUT2D eigenvalue weighted by Gasteiger charge is -2.06. The third-order valence-corrected chi connectivity index (χ3v) is 2.25. The summed E-state index contributed by atoms with van der Waals surface area (Å²) in [5, 5.41) is 10.9. The smallest absolute Gasteiger partial charge is 0.311 e. The number of ether oxygens (including phenoxy) is 1. The summed E-state index contributed by atoms with van der Waals surface area (Å²) in [6, 6.07) is 4.29. The van der Waals surface area contributed by atoms with Gasteiger partial charge in [-0.2, -0.15) is 9.37 Å². The maximum absolute atomic E-state index is 13.4. The molecule has 0 saturated heterocycles. The molecular weight excluding hydrogens is 255 g/mol. The second-order valence-corrected chi connectivity index (χ2v) is 3.71. The summed E-state index contributed by atoms with van der Waals surface area (Å²) in [6.45, 7) is 1.69. The zero-order valence-corrected chi connectivity index (χ0v) is 9.83. The highest BCUT2D eigenvalue weighted by atomic mass is 19.1. The van der Waals surface area contributed by atoms with Crippen LogP contribution in [-0.2, 0) is 0 Å². The van der Waals surface area contributed by atoms with Crippen LogP contribution < -0.4 is 10.5 Å². The Bertz CT molecular complexity index is 648. The minimum absolute atomic E-state index is 0.118. The average Bonchev–Trinajstić information content (AvgIpc) is 2.35. The highest BCUT2D eigenvalue weighted by Gasteiger charge is 2.18. The molecule has 0 aliphatic heterocycles. The van der Waals surface area contributed by atoms with Crippen LogP contribution in [0, 0.1) is 22.9 Å². The summed E-state index contributed by atoms with van der Waals surface area (Å²) in [5.74, 6) is -1.62. The Labute approximate surface area is 107 Å². The molecule has 0 fully saturated rings. The molecule has 0 radical (unpaired) electrons. The Morgan fingerprint density at radius 2 is 2.21 bits per heavy atom. The van der Waals surface area contributed by atoms with Gasteiger partial charge in [0.15, 0.2) is 0 Å². The van der Waals surface area contributed by atoms with Gasteiger partial charge in [0.1, 0.15) is 0 Å². The van der Waals surface area contributed by atoms with E-state index < -0.39 is 16.6 Å². The number of benzene rings is 1. The Hall–Kier alpha value is -2.77. The minimum Gasteiger partial charge on any atom is -0.429 e. The number of aryl methyl sites for hydroxylation is 1. The van der Waals surface area contributed by atoms with Crippen LogP contribution >= 0.6 is 0 Å². The molecule has 1 heterocycles. The van der Waals surface area contributed by atoms with Gasteiger partial charge in [-0.3, -0.25) is 10.1 Å². The number of nitrogens with two attached hydrogens (primary N) is 1. The van der Waals surface area contributed by atoms with E-state index in [0.29, 0.717) is 5.56 Å². The Morgan fingerprint density at radius 3 is 2.89 bits per heavy atom. The van der Waals surface area contributed by atoms with E-state index in [2.05, 4.69) is 9.97 Å². The Morgan fingerprint density at radius 1 is 1.47 bits per heavy atom. The lowest BCUT2D eigenvalue weighted by Crippen LogP contribution is -2.01. The molecule has 0 aliphatic rings. The first-order valence-electron chi connectivity index (χ1n) is 5.18. The first-order valence-corrected chi connectivity index (χ1v) is 5.18. The number of nitrogen functional groups attached to an aromatic ring is 1. The van der Waals surface area contributed by atoms with Gasteiger partial charge >= 0.3 is 5.69 Å². The number of hydrogen-bond donors (Lipinski definition) is 1. The monoisotopic (exact) mass is 264 g/mol. The maximum atomic E-state index is 13.4. The van der Waals surface area contributed by atoms with Crippen molar-refractivity contribution in [1.29, 1.82) is 0 Å². The van der Waals surface area contributed by atoms with Gasteiger partial charge in [0, 0.05) is 6.07 Å². The third-order valence-electron chi connectivity index (χ3n) is 2.25. The van der Waals surface area contributed by atoms with Crippen molar-refractivity contribution >= 4 is 11.6 Å². The molecule has 2 rings (SSSR count). The topological polar surface area (TPSA) is 104 Å². The van der Waals surface area contributed by atoms with Crippen LogP contribution in [0.5, 0.6) is 11.6 Å². The van der Waals surface area contributed by atoms with Crippen LogP contribution in [0.1, 0.15) is 5.56 Å². The Balaban J connectivity index is 2.43. The number of hydrogen-bond acceptors (Lipinski definition) is 6. The predicted molar refractivity (Wildman–Crippen MR) is 64.3 cm³/mol. The quantitative estimate of drug-likeness (QED) is 0.673. The van der Waals surface area contributed by atoms with Gasteiger partial charge in [-0.05, 0) is 18.6 Å². The van der Waals surface area contributed by atoms with E-state index in [4.69, 9.17) is 10.5 Å². The fourth-order valence-electron chi connectivity index (χ4n) is 1.40. The van der Waals surface area contributed by atoms with E-state index in [9.17, 15) is 14.5 Å². The highest BCUT2D eigenvalue weighted by Crippen LogP contribution is 2.32. The number of aromatic nitrogens is 2. The number of nitro benzene ring substituents is 1. The highest BCUT2D eigenvalue weighted by molar-refractivity contribution is 5.50. The molecule has 2 N–H and O–H groups in total. The molecule has 1 aromatic carbocycles. The molecule has 8 heteroatoms. The lowest BCUT2D eigenvalue weighted by atomic mass is 10.2. The molecule has 19 heavy (non-hydrogen) atoms. The molecule has 0 unspecified atom stereocenters. The van der Waals surface area contributed by atoms with Gasteiger partial charge in [-0.15, -0.1) is 0 Å². The van der Waals surface area contributed by atoms with E-state index in [1.807, 2.05) is 0 Å². The number of halogens is 1. The predicted octanol–water partition coefficient (Wildman–Crippen LogP) is 2.21. The molecular formula is C11H9FN4O3. The van der Waals surface area contributed by atoms with Gasteiger partial charge in [0.2, 0.25) is 17.5 Å². The molecule has 2 aromatic rings. The number of anilines is 1. The molecule has 7 nitrogen and oxygen atoms in total. The van der Waals surface area contributed by atoms with Crippen molar-refractivity contribution in [2.75, 3.05) is 5.73 Å². The van der Waals surface area contributed by atoms with E-state index in [-0.39, 0.29) is 17.4 Å². The van der Waals surface area contributed by atoms with E-state index >= 15 is 0 Å². The maximum Gasteiger partial charge on any atom is 0.311 e. The normalized spacial score (nSPS) is 10.2. The molecule has 98 valence electrons. The Kier molecular flexibility index (Phi) is 3.23. The number of rotatable bonds is 3. The number of nitro groups is 1. The van der Waals surface area contributed by atoms with Crippen molar-refractivity contribution in [3.63, 3.8) is 0 Å². The average molecular weight is 264 g/mol. The minimum atomic E-state index is -0.857. The molecule has 0 spiro atoms. The van der Waals surface area contributed by atoms with Crippen molar-refractivity contribution in [1.82, 2.24) is 9.97 Å². The summed E-state index contributed by atoms with van der Waals surface area (Å²) in [4.78, 5) is 17.2. The van der Waals surface area contributed by atoms with Crippen LogP contribution in [0.4, 0.5) is 16.0 Å². The van der Waals surface area contributed by atoms with E-state index in [1.54, 1.807) is 13.0 Å². The fourth-order valence-corrected chi connectivity index (χ4v) is 1.40. The van der Waals surface area contributed by atoms with Crippen molar-refractivity contribution in [3.8, 4) is 11.6 Å². The second-order valence-electron chi connectivity index (χ2n) is 3.71. The van der Waals surface area contributed by atoms with Crippen LogP contribution in [0.25, 0.3) is 0 Å². The van der Waals surface area contributed by atoms with Gasteiger partial charge in [-0.1, -0.05) is 6.07 Å². The molecule has 0 atom stereocenters. The first-order chi connectivity index (χ1) is 8.97. The molecule has 0 amide bonds. The van der Waals surface area contributed by atoms with Gasteiger partial charge < -0.3 is 10.5 Å². The summed E-state index contributed by atoms with van der Waals surface area (Å²) in [7, 11) is 0. The lowest BCUT2D eigenvalue weighted by molar-refractivity contribution is -0.385. The van der Waals surface area contributed by atoms with E-state index in [0.717, 1.165) is 6.20 Å². The third kappa shape index (κ3) is 2.73. The summed E-state index contributed by atoms with van der Waals surface area (Å²) < 4.78 is 18.5. The zero-order valence-electron chi connectivity index (χ0n) is 9.83. The summed E-state index contributed by atoms with van der Waals surface area (Å²) in [5.41, 5.74) is 5.70. The van der Waals surface area contributed by atoms with Crippen molar-refractivity contribution in [2.24, 2.45) is 0 Å². The fraction of sp³-hybridized carbons (Fsp3) is 0.0909.